The van der Waals surface area contributed by atoms with Gasteiger partial charge in [0.25, 0.3) is 5.91 Å². The van der Waals surface area contributed by atoms with Crippen molar-refractivity contribution < 1.29 is 9.53 Å². The molecule has 0 bridgehead atoms. The number of hydrogen-bond donors (Lipinski definition) is 1. The van der Waals surface area contributed by atoms with Gasteiger partial charge in [-0.2, -0.15) is 0 Å². The van der Waals surface area contributed by atoms with Gasteiger partial charge in [-0.05, 0) is 25.1 Å². The second-order valence-electron chi connectivity index (χ2n) is 4.45. The monoisotopic (exact) mass is 239 g/mol. The van der Waals surface area contributed by atoms with E-state index in [4.69, 9.17) is 4.74 Å². The summed E-state index contributed by atoms with van der Waals surface area (Å²) in [5.41, 5.74) is 0.734. The first-order chi connectivity index (χ1) is 8.70. The van der Waals surface area contributed by atoms with Crippen LogP contribution in [0.25, 0.3) is 0 Å². The summed E-state index contributed by atoms with van der Waals surface area (Å²) in [5.74, 6) is 0.555. The molecule has 0 saturated carbocycles. The molecule has 3 nitrogen and oxygen atoms in total. The topological polar surface area (TPSA) is 38.3 Å². The molecule has 0 aromatic heterocycles. The van der Waals surface area contributed by atoms with E-state index in [-0.39, 0.29) is 5.91 Å². The highest BCUT2D eigenvalue weighted by molar-refractivity contribution is 6.05. The number of nitrogens with one attached hydrogen (secondary N) is 1. The van der Waals surface area contributed by atoms with Gasteiger partial charge in [0.1, 0.15) is 5.75 Å². The van der Waals surface area contributed by atoms with Gasteiger partial charge in [-0.25, -0.2) is 0 Å². The third kappa shape index (κ3) is 1.56. The van der Waals surface area contributed by atoms with Crippen LogP contribution in [0.1, 0.15) is 12.5 Å². The highest BCUT2D eigenvalue weighted by atomic mass is 16.5. The van der Waals surface area contributed by atoms with Gasteiger partial charge in [0.2, 0.25) is 5.60 Å². The van der Waals surface area contributed by atoms with Gasteiger partial charge in [-0.15, -0.1) is 0 Å². The van der Waals surface area contributed by atoms with Crippen LogP contribution in [0.2, 0.25) is 0 Å². The Morgan fingerprint density at radius 1 is 1.00 bits per heavy atom. The normalized spacial score (nSPS) is 21.3. The standard InChI is InChI=1S/C15H13NO2/c1-15(18-11-7-3-2-4-8-11)12-9-5-6-10-13(12)16-14(15)17/h2-10H,1H3,(H,16,17). The Labute approximate surface area is 105 Å². The van der Waals surface area contributed by atoms with Gasteiger partial charge in [0, 0.05) is 11.3 Å². The summed E-state index contributed by atoms with van der Waals surface area (Å²) in [6.07, 6.45) is 0. The number of carbonyl (C=O) groups is 1. The lowest BCUT2D eigenvalue weighted by molar-refractivity contribution is -0.129. The molecule has 2 aromatic carbocycles. The fourth-order valence-electron chi connectivity index (χ4n) is 2.20. The van der Waals surface area contributed by atoms with Crippen molar-refractivity contribution in [2.24, 2.45) is 0 Å². The second kappa shape index (κ2) is 3.88. The maximum absolute atomic E-state index is 12.1. The van der Waals surface area contributed by atoms with E-state index in [1.165, 1.54) is 0 Å². The molecule has 0 fully saturated rings. The third-order valence-electron chi connectivity index (χ3n) is 3.19. The van der Waals surface area contributed by atoms with Crippen molar-refractivity contribution >= 4 is 11.6 Å². The lowest BCUT2D eigenvalue weighted by Gasteiger charge is -2.24. The van der Waals surface area contributed by atoms with Gasteiger partial charge in [-0.1, -0.05) is 36.4 Å². The van der Waals surface area contributed by atoms with Crippen molar-refractivity contribution in [1.29, 1.82) is 0 Å². The Morgan fingerprint density at radius 3 is 2.44 bits per heavy atom. The van der Waals surface area contributed by atoms with E-state index in [0.29, 0.717) is 5.75 Å². The molecule has 0 spiro atoms. The minimum atomic E-state index is -0.960. The Bertz CT molecular complexity index is 594. The molecular weight excluding hydrogens is 226 g/mol. The van der Waals surface area contributed by atoms with Crippen LogP contribution in [0, 0.1) is 0 Å². The summed E-state index contributed by atoms with van der Waals surface area (Å²) >= 11 is 0. The summed E-state index contributed by atoms with van der Waals surface area (Å²) in [7, 11) is 0. The molecule has 1 heterocycles. The summed E-state index contributed by atoms with van der Waals surface area (Å²) in [5, 5.41) is 2.84. The number of ether oxygens (including phenoxy) is 1. The van der Waals surface area contributed by atoms with Crippen LogP contribution in [0.4, 0.5) is 5.69 Å². The van der Waals surface area contributed by atoms with Crippen molar-refractivity contribution in [1.82, 2.24) is 0 Å². The highest BCUT2D eigenvalue weighted by Gasteiger charge is 2.44. The second-order valence-corrected chi connectivity index (χ2v) is 4.45. The van der Waals surface area contributed by atoms with Crippen LogP contribution in [-0.2, 0) is 10.4 Å². The van der Waals surface area contributed by atoms with Gasteiger partial charge < -0.3 is 10.1 Å². The maximum Gasteiger partial charge on any atom is 0.273 e. The summed E-state index contributed by atoms with van der Waals surface area (Å²) in [4.78, 5) is 12.1. The predicted molar refractivity (Wildman–Crippen MR) is 69.5 cm³/mol. The van der Waals surface area contributed by atoms with E-state index in [2.05, 4.69) is 5.32 Å². The molecule has 1 aliphatic heterocycles. The molecule has 0 aliphatic carbocycles. The fourth-order valence-corrected chi connectivity index (χ4v) is 2.20. The van der Waals surface area contributed by atoms with Gasteiger partial charge in [0.15, 0.2) is 0 Å². The molecule has 3 heteroatoms. The zero-order valence-corrected chi connectivity index (χ0v) is 10.0. The van der Waals surface area contributed by atoms with Crippen molar-refractivity contribution in [2.45, 2.75) is 12.5 Å². The van der Waals surface area contributed by atoms with E-state index in [1.54, 1.807) is 6.92 Å². The molecule has 18 heavy (non-hydrogen) atoms. The molecule has 90 valence electrons. The van der Waals surface area contributed by atoms with Crippen molar-refractivity contribution in [3.63, 3.8) is 0 Å². The Balaban J connectivity index is 2.02. The average Bonchev–Trinajstić information content (AvgIpc) is 2.63. The van der Waals surface area contributed by atoms with E-state index < -0.39 is 5.60 Å². The Morgan fingerprint density at radius 2 is 1.67 bits per heavy atom. The molecule has 1 unspecified atom stereocenters. The van der Waals surface area contributed by atoms with Gasteiger partial charge in [0.05, 0.1) is 0 Å². The van der Waals surface area contributed by atoms with Crippen molar-refractivity contribution in [3.05, 3.63) is 60.2 Å². The minimum Gasteiger partial charge on any atom is -0.473 e. The van der Waals surface area contributed by atoms with Crippen LogP contribution in [0.15, 0.2) is 54.6 Å². The molecule has 1 aliphatic rings. The third-order valence-corrected chi connectivity index (χ3v) is 3.19. The molecule has 0 radical (unpaired) electrons. The average molecular weight is 239 g/mol. The number of hydrogen-bond acceptors (Lipinski definition) is 2. The highest BCUT2D eigenvalue weighted by Crippen LogP contribution is 2.38. The van der Waals surface area contributed by atoms with E-state index in [0.717, 1.165) is 11.3 Å². The quantitative estimate of drug-likeness (QED) is 0.875. The smallest absolute Gasteiger partial charge is 0.273 e. The zero-order valence-electron chi connectivity index (χ0n) is 10.0. The summed E-state index contributed by atoms with van der Waals surface area (Å²) in [6.45, 7) is 1.79. The van der Waals surface area contributed by atoms with Crippen LogP contribution < -0.4 is 10.1 Å². The first-order valence-corrected chi connectivity index (χ1v) is 5.85. The first kappa shape index (κ1) is 10.8. The Kier molecular flexibility index (Phi) is 2.33. The molecule has 3 rings (SSSR count). The predicted octanol–water partition coefficient (Wildman–Crippen LogP) is 2.93. The number of rotatable bonds is 2. The zero-order chi connectivity index (χ0) is 12.6. The summed E-state index contributed by atoms with van der Waals surface area (Å²) < 4.78 is 5.89. The minimum absolute atomic E-state index is 0.132. The molecule has 2 aromatic rings. The number of carbonyl (C=O) groups excluding carboxylic acids is 1. The molecule has 1 atom stereocenters. The van der Waals surface area contributed by atoms with Crippen LogP contribution in [-0.4, -0.2) is 5.91 Å². The van der Waals surface area contributed by atoms with E-state index in [1.807, 2.05) is 54.6 Å². The van der Waals surface area contributed by atoms with Crippen LogP contribution >= 0.6 is 0 Å². The van der Waals surface area contributed by atoms with E-state index >= 15 is 0 Å². The number of anilines is 1. The Hall–Kier alpha value is -2.29. The van der Waals surface area contributed by atoms with Crippen LogP contribution in [0.5, 0.6) is 5.75 Å². The fraction of sp³-hybridized carbons (Fsp3) is 0.133. The first-order valence-electron chi connectivity index (χ1n) is 5.85. The van der Waals surface area contributed by atoms with Gasteiger partial charge in [-0.3, -0.25) is 4.79 Å². The largest absolute Gasteiger partial charge is 0.473 e. The SMILES string of the molecule is CC1(Oc2ccccc2)C(=O)Nc2ccccc21. The lowest BCUT2D eigenvalue weighted by Crippen LogP contribution is -2.37. The van der Waals surface area contributed by atoms with Crippen molar-refractivity contribution in [3.8, 4) is 5.75 Å². The van der Waals surface area contributed by atoms with Crippen molar-refractivity contribution in [2.75, 3.05) is 5.32 Å². The van der Waals surface area contributed by atoms with E-state index in [9.17, 15) is 4.79 Å². The number of amides is 1. The number of para-hydroxylation sites is 2. The summed E-state index contributed by atoms with van der Waals surface area (Å²) in [6, 6.07) is 17.0. The number of fused-ring (bicyclic) bond motifs is 1. The molecule has 0 saturated heterocycles. The molecule has 1 amide bonds. The van der Waals surface area contributed by atoms with Gasteiger partial charge >= 0.3 is 0 Å². The molecule has 1 N–H and O–H groups in total. The lowest BCUT2D eigenvalue weighted by atomic mass is 9.97. The molecular formula is C15H13NO2. The van der Waals surface area contributed by atoms with Crippen LogP contribution in [0.3, 0.4) is 0 Å². The maximum atomic E-state index is 12.1. The number of benzene rings is 2.